The molecule has 0 saturated carbocycles. The number of nitrogens with zero attached hydrogens (tertiary/aromatic N) is 2. The van der Waals surface area contributed by atoms with Crippen molar-refractivity contribution in [3.05, 3.63) is 94.0 Å². The first-order valence-electron chi connectivity index (χ1n) is 13.4. The number of esters is 2. The van der Waals surface area contributed by atoms with Gasteiger partial charge in [0.25, 0.3) is 5.01 Å². The summed E-state index contributed by atoms with van der Waals surface area (Å²) in [5.41, 5.74) is 2.60. The summed E-state index contributed by atoms with van der Waals surface area (Å²) < 4.78 is 14.3. The topological polar surface area (TPSA) is 59.7 Å². The monoisotopic (exact) mass is 573 g/mol. The lowest BCUT2D eigenvalue weighted by Crippen LogP contribution is -2.44. The molecule has 0 atom stereocenters. The average Bonchev–Trinajstić information content (AvgIpc) is 3.46. The van der Waals surface area contributed by atoms with E-state index in [-0.39, 0.29) is 26.1 Å². The van der Waals surface area contributed by atoms with Crippen LogP contribution in [-0.2, 0) is 26.1 Å². The molecule has 0 N–H and O–H groups in total. The van der Waals surface area contributed by atoms with Gasteiger partial charge in [-0.05, 0) is 62.1 Å². The zero-order chi connectivity index (χ0) is 28.3. The number of ether oxygens (including phenoxy) is 2. The van der Waals surface area contributed by atoms with Crippen molar-refractivity contribution in [3.8, 4) is 0 Å². The van der Waals surface area contributed by atoms with E-state index < -0.39 is 17.4 Å². The first-order valence-corrected chi connectivity index (χ1v) is 15.0. The third-order valence-corrected chi connectivity index (χ3v) is 9.51. The van der Waals surface area contributed by atoms with Gasteiger partial charge < -0.3 is 14.4 Å². The Hall–Kier alpha value is -3.62. The van der Waals surface area contributed by atoms with Crippen molar-refractivity contribution in [1.82, 2.24) is 0 Å². The van der Waals surface area contributed by atoms with E-state index in [9.17, 15) is 9.59 Å². The molecule has 0 spiro atoms. The highest BCUT2D eigenvalue weighted by Crippen LogP contribution is 2.46. The Bertz CT molecular complexity index is 1560. The minimum absolute atomic E-state index is 0.190. The van der Waals surface area contributed by atoms with Crippen LogP contribution in [0, 0.1) is 5.41 Å². The molecule has 0 amide bonds. The molecule has 40 heavy (non-hydrogen) atoms. The Balaban J connectivity index is 1.54. The summed E-state index contributed by atoms with van der Waals surface area (Å²) in [5, 5.41) is 2.14. The predicted octanol–water partition coefficient (Wildman–Crippen LogP) is 6.58. The maximum absolute atomic E-state index is 13.4. The van der Waals surface area contributed by atoms with E-state index in [0.717, 1.165) is 32.4 Å². The number of rotatable bonds is 7. The summed E-state index contributed by atoms with van der Waals surface area (Å²) in [4.78, 5) is 30.2. The lowest BCUT2D eigenvalue weighted by molar-refractivity contribution is -0.642. The summed E-state index contributed by atoms with van der Waals surface area (Å²) in [6.07, 6.45) is 10.6. The number of carbonyl (C=O) groups is 2. The number of carbonyl (C=O) groups excluding carboxylic acids is 2. The van der Waals surface area contributed by atoms with E-state index in [0.29, 0.717) is 0 Å². The van der Waals surface area contributed by atoms with Crippen LogP contribution >= 0.6 is 23.1 Å². The zero-order valence-corrected chi connectivity index (χ0v) is 24.8. The predicted molar refractivity (Wildman–Crippen MR) is 162 cm³/mol. The fraction of sp³-hybridized carbons (Fsp3) is 0.281. The summed E-state index contributed by atoms with van der Waals surface area (Å²) in [7, 11) is 4.08. The van der Waals surface area contributed by atoms with Gasteiger partial charge in [-0.1, -0.05) is 65.6 Å². The number of thiazole rings is 1. The van der Waals surface area contributed by atoms with E-state index in [1.165, 1.54) is 9.60 Å². The van der Waals surface area contributed by atoms with Crippen LogP contribution in [0.25, 0.3) is 16.3 Å². The van der Waals surface area contributed by atoms with E-state index in [4.69, 9.17) is 9.47 Å². The SMILES string of the molecule is CCOC(=O)C1(C(=O)OCC)CC(/C=C/c2sc3ccccc3[n+]2C)=CC(=C/C=C2\Sc3ccccc3N2C)/C1. The smallest absolute Gasteiger partial charge is 0.324 e. The van der Waals surface area contributed by atoms with E-state index >= 15 is 0 Å². The van der Waals surface area contributed by atoms with Crippen LogP contribution in [0.15, 0.2) is 93.9 Å². The van der Waals surface area contributed by atoms with Gasteiger partial charge >= 0.3 is 11.9 Å². The number of hydrogen-bond acceptors (Lipinski definition) is 7. The van der Waals surface area contributed by atoms with Crippen molar-refractivity contribution < 1.29 is 23.6 Å². The molecule has 2 aliphatic rings. The molecule has 0 saturated heterocycles. The van der Waals surface area contributed by atoms with Gasteiger partial charge in [0.05, 0.1) is 23.9 Å². The number of thioether (sulfide) groups is 1. The molecule has 1 aromatic heterocycles. The first-order chi connectivity index (χ1) is 19.4. The number of para-hydroxylation sites is 2. The normalized spacial score (nSPS) is 18.4. The second-order valence-electron chi connectivity index (χ2n) is 9.77. The molecule has 2 aromatic carbocycles. The second-order valence-corrected chi connectivity index (χ2v) is 11.9. The quantitative estimate of drug-likeness (QED) is 0.181. The molecule has 2 heterocycles. The Morgan fingerprint density at radius 3 is 2.38 bits per heavy atom. The molecule has 206 valence electrons. The van der Waals surface area contributed by atoms with Gasteiger partial charge in [0.2, 0.25) is 5.52 Å². The van der Waals surface area contributed by atoms with E-state index in [1.807, 2.05) is 50.5 Å². The first kappa shape index (κ1) is 27.9. The number of benzene rings is 2. The molecule has 8 heteroatoms. The standard InChI is InChI=1S/C32H33N2O4S2/c1-5-37-30(35)32(31(36)38-6-2)20-22(15-17-28-33(3)24-11-7-9-13-26(24)39-28)19-23(21-32)16-18-29-34(4)25-12-8-10-14-27(25)40-29/h7-19H,5-6,20-21H2,1-4H3/q+1. The highest BCUT2D eigenvalue weighted by atomic mass is 32.2. The van der Waals surface area contributed by atoms with Crippen LogP contribution in [-0.4, -0.2) is 32.2 Å². The zero-order valence-electron chi connectivity index (χ0n) is 23.2. The lowest BCUT2D eigenvalue weighted by Gasteiger charge is -2.33. The molecule has 5 rings (SSSR count). The van der Waals surface area contributed by atoms with Gasteiger partial charge in [-0.25, -0.2) is 0 Å². The van der Waals surface area contributed by atoms with Crippen molar-refractivity contribution in [2.24, 2.45) is 12.5 Å². The van der Waals surface area contributed by atoms with Crippen molar-refractivity contribution in [2.75, 3.05) is 25.2 Å². The Labute approximate surface area is 243 Å². The van der Waals surface area contributed by atoms with Gasteiger partial charge in [-0.3, -0.25) is 9.59 Å². The van der Waals surface area contributed by atoms with Crippen LogP contribution in [0.1, 0.15) is 31.7 Å². The van der Waals surface area contributed by atoms with Crippen LogP contribution in [0.3, 0.4) is 0 Å². The van der Waals surface area contributed by atoms with E-state index in [2.05, 4.69) is 52.0 Å². The van der Waals surface area contributed by atoms with E-state index in [1.54, 1.807) is 36.9 Å². The minimum atomic E-state index is -1.44. The molecule has 3 aromatic rings. The van der Waals surface area contributed by atoms with Crippen LogP contribution < -0.4 is 9.47 Å². The third kappa shape index (κ3) is 5.38. The Morgan fingerprint density at radius 2 is 1.68 bits per heavy atom. The molecule has 0 unspecified atom stereocenters. The number of hydrogen-bond donors (Lipinski definition) is 0. The van der Waals surface area contributed by atoms with Crippen molar-refractivity contribution in [1.29, 1.82) is 0 Å². The number of allylic oxidation sites excluding steroid dienone is 6. The lowest BCUT2D eigenvalue weighted by atomic mass is 9.71. The minimum Gasteiger partial charge on any atom is -0.465 e. The van der Waals surface area contributed by atoms with Gasteiger partial charge in [0, 0.05) is 24.1 Å². The molecule has 1 aliphatic carbocycles. The Kier molecular flexibility index (Phi) is 8.28. The number of fused-ring (bicyclic) bond motifs is 2. The van der Waals surface area contributed by atoms with Crippen LogP contribution in [0.5, 0.6) is 0 Å². The largest absolute Gasteiger partial charge is 0.465 e. The van der Waals surface area contributed by atoms with Gasteiger partial charge in [0.15, 0.2) is 5.41 Å². The molecule has 6 nitrogen and oxygen atoms in total. The van der Waals surface area contributed by atoms with Gasteiger partial charge in [-0.15, -0.1) is 0 Å². The van der Waals surface area contributed by atoms with Crippen molar-refractivity contribution in [2.45, 2.75) is 31.6 Å². The van der Waals surface area contributed by atoms with Gasteiger partial charge in [0.1, 0.15) is 11.7 Å². The fourth-order valence-electron chi connectivity index (χ4n) is 5.11. The highest BCUT2D eigenvalue weighted by molar-refractivity contribution is 8.03. The molecular weight excluding hydrogens is 540 g/mol. The number of aryl methyl sites for hydroxylation is 1. The highest BCUT2D eigenvalue weighted by Gasteiger charge is 2.51. The maximum Gasteiger partial charge on any atom is 0.324 e. The van der Waals surface area contributed by atoms with Crippen LogP contribution in [0.4, 0.5) is 5.69 Å². The maximum atomic E-state index is 13.4. The molecule has 1 aliphatic heterocycles. The van der Waals surface area contributed by atoms with Crippen molar-refractivity contribution >= 4 is 57.0 Å². The van der Waals surface area contributed by atoms with Crippen molar-refractivity contribution in [3.63, 3.8) is 0 Å². The molecule has 0 fully saturated rings. The van der Waals surface area contributed by atoms with Crippen LogP contribution in [0.2, 0.25) is 0 Å². The fourth-order valence-corrected chi connectivity index (χ4v) is 7.22. The summed E-state index contributed by atoms with van der Waals surface area (Å²) >= 11 is 3.39. The molecule has 0 radical (unpaired) electrons. The summed E-state index contributed by atoms with van der Waals surface area (Å²) in [6.45, 7) is 3.89. The average molecular weight is 574 g/mol. The molecule has 0 bridgehead atoms. The number of aromatic nitrogens is 1. The second kappa shape index (κ2) is 11.9. The summed E-state index contributed by atoms with van der Waals surface area (Å²) in [5.74, 6) is -1.09. The Morgan fingerprint density at radius 1 is 0.975 bits per heavy atom. The number of anilines is 1. The van der Waals surface area contributed by atoms with Gasteiger partial charge in [-0.2, -0.15) is 4.57 Å². The third-order valence-electron chi connectivity index (χ3n) is 7.14. The molecular formula is C32H33N2O4S2+. The summed E-state index contributed by atoms with van der Waals surface area (Å²) in [6, 6.07) is 16.5.